The summed E-state index contributed by atoms with van der Waals surface area (Å²) >= 11 is 0. The Balaban J connectivity index is 1.50. The normalized spacial score (nSPS) is 26.9. The molecule has 2 fully saturated rings. The van der Waals surface area contributed by atoms with Crippen molar-refractivity contribution in [2.45, 2.75) is 19.5 Å². The van der Waals surface area contributed by atoms with Crippen molar-refractivity contribution in [2.75, 3.05) is 52.4 Å². The molecule has 3 aliphatic heterocycles. The summed E-state index contributed by atoms with van der Waals surface area (Å²) in [5, 5.41) is 6.55. The van der Waals surface area contributed by atoms with E-state index in [4.69, 9.17) is 5.73 Å². The molecule has 0 saturated carbocycles. The topological polar surface area (TPSA) is 72.2 Å². The second-order valence-corrected chi connectivity index (χ2v) is 6.44. The molecule has 0 bridgehead atoms. The first-order valence-electron chi connectivity index (χ1n) is 8.62. The molecule has 128 valence electrons. The Morgan fingerprint density at radius 1 is 1.30 bits per heavy atom. The van der Waals surface area contributed by atoms with Gasteiger partial charge in [-0.05, 0) is 13.0 Å². The number of nitrogens with zero attached hydrogens (tertiary/aromatic N) is 4. The Labute approximate surface area is 138 Å². The molecule has 3 rings (SSSR count). The van der Waals surface area contributed by atoms with Crippen LogP contribution in [0.3, 0.4) is 0 Å². The first-order valence-corrected chi connectivity index (χ1v) is 8.62. The fourth-order valence-corrected chi connectivity index (χ4v) is 3.50. The minimum atomic E-state index is 0.431. The molecule has 0 aromatic heterocycles. The standard InChI is InChI=1S/C16H29N7/c1-3-5-22-6-4-18-15(22)12-21-7-9-23(10-8-21)14-11-13(2)19-16(17)20-14/h11,15,18H,2-10,12H2,1H3,(H3,17,19,20). The van der Waals surface area contributed by atoms with Crippen LogP contribution in [-0.2, 0) is 0 Å². The van der Waals surface area contributed by atoms with Crippen molar-refractivity contribution in [3.63, 3.8) is 0 Å². The van der Waals surface area contributed by atoms with Crippen molar-refractivity contribution >= 4 is 5.96 Å². The van der Waals surface area contributed by atoms with Gasteiger partial charge < -0.3 is 16.0 Å². The number of piperazine rings is 1. The maximum Gasteiger partial charge on any atom is 0.199 e. The average molecular weight is 319 g/mol. The molecular weight excluding hydrogens is 290 g/mol. The molecule has 3 aliphatic rings. The van der Waals surface area contributed by atoms with Gasteiger partial charge in [0.15, 0.2) is 5.96 Å². The van der Waals surface area contributed by atoms with Crippen molar-refractivity contribution in [1.29, 1.82) is 0 Å². The van der Waals surface area contributed by atoms with Crippen LogP contribution in [0.1, 0.15) is 13.3 Å². The molecule has 2 saturated heterocycles. The van der Waals surface area contributed by atoms with E-state index >= 15 is 0 Å². The third-order valence-corrected chi connectivity index (χ3v) is 4.68. The molecule has 0 aromatic rings. The summed E-state index contributed by atoms with van der Waals surface area (Å²) in [6, 6.07) is 0. The molecule has 0 aromatic carbocycles. The zero-order chi connectivity index (χ0) is 16.2. The highest BCUT2D eigenvalue weighted by atomic mass is 15.4. The largest absolute Gasteiger partial charge is 0.369 e. The van der Waals surface area contributed by atoms with Crippen LogP contribution >= 0.6 is 0 Å². The SMILES string of the molecule is C=C1C=C(N2CCN(CC3NCCN3CCC)CC2)N=C(N)N1. The summed E-state index contributed by atoms with van der Waals surface area (Å²) in [5.41, 5.74) is 6.59. The van der Waals surface area contributed by atoms with Gasteiger partial charge in [0.1, 0.15) is 5.82 Å². The van der Waals surface area contributed by atoms with Crippen LogP contribution in [0.5, 0.6) is 0 Å². The highest BCUT2D eigenvalue weighted by molar-refractivity contribution is 5.82. The maximum absolute atomic E-state index is 5.79. The molecule has 4 N–H and O–H groups in total. The minimum absolute atomic E-state index is 0.431. The fourth-order valence-electron chi connectivity index (χ4n) is 3.50. The van der Waals surface area contributed by atoms with E-state index in [9.17, 15) is 0 Å². The Bertz CT molecular complexity index is 491. The highest BCUT2D eigenvalue weighted by Gasteiger charge is 2.27. The van der Waals surface area contributed by atoms with Crippen molar-refractivity contribution in [1.82, 2.24) is 25.3 Å². The number of nitrogens with one attached hydrogen (secondary N) is 2. The third-order valence-electron chi connectivity index (χ3n) is 4.68. The maximum atomic E-state index is 5.79. The summed E-state index contributed by atoms with van der Waals surface area (Å²) in [4.78, 5) is 11.8. The number of aliphatic imine (C=N–C) groups is 1. The summed E-state index contributed by atoms with van der Waals surface area (Å²) < 4.78 is 0. The van der Waals surface area contributed by atoms with Crippen LogP contribution in [0.15, 0.2) is 29.2 Å². The van der Waals surface area contributed by atoms with Crippen molar-refractivity contribution < 1.29 is 0 Å². The summed E-state index contributed by atoms with van der Waals surface area (Å²) in [5.74, 6) is 1.36. The molecule has 1 unspecified atom stereocenters. The van der Waals surface area contributed by atoms with E-state index in [0.717, 1.165) is 50.8 Å². The zero-order valence-electron chi connectivity index (χ0n) is 14.1. The monoisotopic (exact) mass is 319 g/mol. The van der Waals surface area contributed by atoms with E-state index < -0.39 is 0 Å². The lowest BCUT2D eigenvalue weighted by Gasteiger charge is -2.38. The van der Waals surface area contributed by atoms with Gasteiger partial charge in [0, 0.05) is 57.6 Å². The van der Waals surface area contributed by atoms with Gasteiger partial charge in [0.05, 0.1) is 6.17 Å². The Kier molecular flexibility index (Phi) is 5.20. The number of allylic oxidation sites excluding steroid dienone is 1. The predicted molar refractivity (Wildman–Crippen MR) is 93.6 cm³/mol. The number of rotatable bonds is 5. The van der Waals surface area contributed by atoms with Gasteiger partial charge in [-0.2, -0.15) is 4.99 Å². The Hall–Kier alpha value is -1.57. The number of nitrogens with two attached hydrogens (primary N) is 1. The highest BCUT2D eigenvalue weighted by Crippen LogP contribution is 2.15. The van der Waals surface area contributed by atoms with Crippen LogP contribution in [0, 0.1) is 0 Å². The second kappa shape index (κ2) is 7.33. The van der Waals surface area contributed by atoms with Gasteiger partial charge in [-0.3, -0.25) is 15.1 Å². The molecule has 0 amide bonds. The second-order valence-electron chi connectivity index (χ2n) is 6.44. The van der Waals surface area contributed by atoms with Crippen LogP contribution in [0.25, 0.3) is 0 Å². The first-order chi connectivity index (χ1) is 11.2. The molecule has 0 spiro atoms. The van der Waals surface area contributed by atoms with E-state index in [0.29, 0.717) is 12.1 Å². The van der Waals surface area contributed by atoms with E-state index in [1.165, 1.54) is 19.5 Å². The van der Waals surface area contributed by atoms with E-state index in [1.807, 2.05) is 6.08 Å². The zero-order valence-corrected chi connectivity index (χ0v) is 14.1. The smallest absolute Gasteiger partial charge is 0.199 e. The third kappa shape index (κ3) is 4.04. The lowest BCUT2D eigenvalue weighted by atomic mass is 10.2. The summed E-state index contributed by atoms with van der Waals surface area (Å²) in [6.07, 6.45) is 3.69. The van der Waals surface area contributed by atoms with Gasteiger partial charge >= 0.3 is 0 Å². The number of hydrogen-bond donors (Lipinski definition) is 3. The lowest BCUT2D eigenvalue weighted by molar-refractivity contribution is 0.113. The quantitative estimate of drug-likeness (QED) is 0.636. The Morgan fingerprint density at radius 3 is 2.78 bits per heavy atom. The summed E-state index contributed by atoms with van der Waals surface area (Å²) in [7, 11) is 0. The minimum Gasteiger partial charge on any atom is -0.369 e. The molecule has 7 heteroatoms. The number of hydrogen-bond acceptors (Lipinski definition) is 7. The molecule has 1 atom stereocenters. The van der Waals surface area contributed by atoms with Crippen molar-refractivity contribution in [3.05, 3.63) is 24.2 Å². The molecule has 3 heterocycles. The molecule has 23 heavy (non-hydrogen) atoms. The summed E-state index contributed by atoms with van der Waals surface area (Å²) in [6.45, 7) is 14.8. The number of guanidine groups is 1. The lowest BCUT2D eigenvalue weighted by Crippen LogP contribution is -2.52. The van der Waals surface area contributed by atoms with Gasteiger partial charge in [-0.1, -0.05) is 13.5 Å². The molecule has 0 aliphatic carbocycles. The van der Waals surface area contributed by atoms with Gasteiger partial charge in [0.2, 0.25) is 0 Å². The van der Waals surface area contributed by atoms with Crippen LogP contribution < -0.4 is 16.4 Å². The van der Waals surface area contributed by atoms with Gasteiger partial charge in [0.25, 0.3) is 0 Å². The van der Waals surface area contributed by atoms with Gasteiger partial charge in [-0.15, -0.1) is 0 Å². The average Bonchev–Trinajstić information content (AvgIpc) is 2.95. The van der Waals surface area contributed by atoms with E-state index in [2.05, 4.69) is 43.8 Å². The van der Waals surface area contributed by atoms with E-state index in [1.54, 1.807) is 0 Å². The van der Waals surface area contributed by atoms with E-state index in [-0.39, 0.29) is 0 Å². The first kappa shape index (κ1) is 16.3. The fraction of sp³-hybridized carbons (Fsp3) is 0.688. The van der Waals surface area contributed by atoms with Crippen molar-refractivity contribution in [2.24, 2.45) is 10.7 Å². The molecular formula is C16H29N7. The van der Waals surface area contributed by atoms with Gasteiger partial charge in [-0.25, -0.2) is 0 Å². The van der Waals surface area contributed by atoms with Crippen LogP contribution in [-0.4, -0.2) is 79.2 Å². The van der Waals surface area contributed by atoms with Crippen molar-refractivity contribution in [3.8, 4) is 0 Å². The molecule has 7 nitrogen and oxygen atoms in total. The predicted octanol–water partition coefficient (Wildman–Crippen LogP) is -0.482. The van der Waals surface area contributed by atoms with Crippen LogP contribution in [0.2, 0.25) is 0 Å². The Morgan fingerprint density at radius 2 is 2.09 bits per heavy atom. The molecule has 0 radical (unpaired) electrons. The van der Waals surface area contributed by atoms with Crippen LogP contribution in [0.4, 0.5) is 0 Å².